The molecule has 1 aliphatic rings. The molecule has 0 spiro atoms. The maximum Gasteiger partial charge on any atom is 0.341 e. The predicted octanol–water partition coefficient (Wildman–Crippen LogP) is 2.74. The lowest BCUT2D eigenvalue weighted by molar-refractivity contribution is -0.139. The molecule has 1 fully saturated rings. The minimum atomic E-state index is -3.73. The number of carbonyl (C=O) groups is 2. The van der Waals surface area contributed by atoms with Gasteiger partial charge in [0.15, 0.2) is 6.61 Å². The highest BCUT2D eigenvalue weighted by Gasteiger charge is 2.31. The number of carboxylic acid groups (broad SMARTS) is 1. The number of sulfonamides is 1. The van der Waals surface area contributed by atoms with Crippen LogP contribution in [0.2, 0.25) is 0 Å². The predicted molar refractivity (Wildman–Crippen MR) is 132 cm³/mol. The van der Waals surface area contributed by atoms with Crippen molar-refractivity contribution in [3.05, 3.63) is 60.5 Å². The Morgan fingerprint density at radius 1 is 1.08 bits per heavy atom. The first-order chi connectivity index (χ1) is 17.6. The van der Waals surface area contributed by atoms with Crippen molar-refractivity contribution in [2.45, 2.75) is 24.8 Å². The monoisotopic (exact) mass is 529 g/mol. The molecule has 0 radical (unpaired) electrons. The van der Waals surface area contributed by atoms with Crippen molar-refractivity contribution in [1.29, 1.82) is 0 Å². The Kier molecular flexibility index (Phi) is 7.79. The van der Waals surface area contributed by atoms with Gasteiger partial charge in [-0.25, -0.2) is 18.2 Å². The van der Waals surface area contributed by atoms with E-state index in [2.05, 4.69) is 4.98 Å². The van der Waals surface area contributed by atoms with Crippen LogP contribution in [0.1, 0.15) is 24.2 Å². The van der Waals surface area contributed by atoms with Crippen molar-refractivity contribution in [2.24, 2.45) is 0 Å². The van der Waals surface area contributed by atoms with Crippen molar-refractivity contribution in [3.63, 3.8) is 0 Å². The molecule has 0 atom stereocenters. The number of piperazine rings is 1. The van der Waals surface area contributed by atoms with Crippen LogP contribution in [0.15, 0.2) is 64.2 Å². The molecular formula is C25H27N3O8S. The third-order valence-electron chi connectivity index (χ3n) is 5.60. The number of benzene rings is 2. The minimum Gasteiger partial charge on any atom is -0.491 e. The van der Waals surface area contributed by atoms with Crippen molar-refractivity contribution < 1.29 is 37.0 Å². The van der Waals surface area contributed by atoms with Gasteiger partial charge in [0.1, 0.15) is 17.8 Å². The van der Waals surface area contributed by atoms with E-state index >= 15 is 0 Å². The second-order valence-corrected chi connectivity index (χ2v) is 10.5. The van der Waals surface area contributed by atoms with Gasteiger partial charge in [-0.05, 0) is 56.3 Å². The van der Waals surface area contributed by atoms with E-state index in [4.69, 9.17) is 19.0 Å². The van der Waals surface area contributed by atoms with E-state index in [-0.39, 0.29) is 60.3 Å². The maximum atomic E-state index is 13.2. The van der Waals surface area contributed by atoms with E-state index in [1.807, 2.05) is 13.8 Å². The van der Waals surface area contributed by atoms with E-state index in [0.717, 1.165) is 0 Å². The van der Waals surface area contributed by atoms with Crippen LogP contribution in [-0.4, -0.2) is 78.5 Å². The molecule has 1 aromatic heterocycles. The summed E-state index contributed by atoms with van der Waals surface area (Å²) in [6.07, 6.45) is 2.79. The number of rotatable bonds is 9. The van der Waals surface area contributed by atoms with Gasteiger partial charge in [-0.1, -0.05) is 0 Å². The standard InChI is InChI=1S/C25H27N3O8S/c1-17(2)36-19-4-6-20(7-5-19)37(32,33)28-12-10-27(11-13-28)25(31)18-3-8-21(24-26-9-14-34-24)22(15-18)35-16-23(29)30/h3-9,14-15,17H,10-13,16H2,1-2H3,(H,29,30). The van der Waals surface area contributed by atoms with Crippen molar-refractivity contribution in [3.8, 4) is 23.0 Å². The zero-order valence-electron chi connectivity index (χ0n) is 20.4. The average molecular weight is 530 g/mol. The van der Waals surface area contributed by atoms with Crippen molar-refractivity contribution >= 4 is 21.9 Å². The fourth-order valence-corrected chi connectivity index (χ4v) is 5.30. The smallest absolute Gasteiger partial charge is 0.341 e. The number of carboxylic acids is 1. The van der Waals surface area contributed by atoms with Crippen LogP contribution in [0.4, 0.5) is 0 Å². The summed E-state index contributed by atoms with van der Waals surface area (Å²) >= 11 is 0. The largest absolute Gasteiger partial charge is 0.491 e. The van der Waals surface area contributed by atoms with Gasteiger partial charge < -0.3 is 23.9 Å². The number of oxazole rings is 1. The van der Waals surface area contributed by atoms with Gasteiger partial charge in [0.2, 0.25) is 15.9 Å². The quantitative estimate of drug-likeness (QED) is 0.443. The first kappa shape index (κ1) is 26.2. The summed E-state index contributed by atoms with van der Waals surface area (Å²) in [5.74, 6) is -0.547. The summed E-state index contributed by atoms with van der Waals surface area (Å²) in [5, 5.41) is 9.00. The fraction of sp³-hybridized carbons (Fsp3) is 0.320. The molecule has 37 heavy (non-hydrogen) atoms. The second kappa shape index (κ2) is 11.0. The lowest BCUT2D eigenvalue weighted by Crippen LogP contribution is -2.50. The summed E-state index contributed by atoms with van der Waals surface area (Å²) in [5.41, 5.74) is 0.677. The number of ether oxygens (including phenoxy) is 2. The van der Waals surface area contributed by atoms with Crippen molar-refractivity contribution in [2.75, 3.05) is 32.8 Å². The third kappa shape index (κ3) is 6.09. The number of aliphatic carboxylic acids is 1. The van der Waals surface area contributed by atoms with Crippen LogP contribution in [0, 0.1) is 0 Å². The lowest BCUT2D eigenvalue weighted by atomic mass is 10.1. The molecule has 0 bridgehead atoms. The van der Waals surface area contributed by atoms with E-state index in [0.29, 0.717) is 11.3 Å². The molecule has 0 saturated carbocycles. The fourth-order valence-electron chi connectivity index (χ4n) is 3.87. The SMILES string of the molecule is CC(C)Oc1ccc(S(=O)(=O)N2CCN(C(=O)c3ccc(-c4ncco4)c(OCC(=O)O)c3)CC2)cc1. The maximum absolute atomic E-state index is 13.2. The van der Waals surface area contributed by atoms with E-state index in [1.54, 1.807) is 29.2 Å². The Morgan fingerprint density at radius 2 is 1.78 bits per heavy atom. The average Bonchev–Trinajstić information content (AvgIpc) is 3.42. The molecule has 3 aromatic rings. The highest BCUT2D eigenvalue weighted by atomic mass is 32.2. The molecule has 12 heteroatoms. The van der Waals surface area contributed by atoms with E-state index in [1.165, 1.54) is 35.0 Å². The first-order valence-corrected chi connectivity index (χ1v) is 13.0. The molecule has 11 nitrogen and oxygen atoms in total. The van der Waals surface area contributed by atoms with Crippen LogP contribution in [-0.2, 0) is 14.8 Å². The molecule has 1 saturated heterocycles. The zero-order valence-corrected chi connectivity index (χ0v) is 21.2. The zero-order chi connectivity index (χ0) is 26.6. The summed E-state index contributed by atoms with van der Waals surface area (Å²) in [4.78, 5) is 29.9. The van der Waals surface area contributed by atoms with Gasteiger partial charge in [-0.15, -0.1) is 0 Å². The molecule has 196 valence electrons. The van der Waals surface area contributed by atoms with Crippen LogP contribution < -0.4 is 9.47 Å². The first-order valence-electron chi connectivity index (χ1n) is 11.6. The molecule has 0 aliphatic carbocycles. The Morgan fingerprint density at radius 3 is 2.38 bits per heavy atom. The van der Waals surface area contributed by atoms with Crippen LogP contribution in [0.5, 0.6) is 11.5 Å². The number of amides is 1. The van der Waals surface area contributed by atoms with E-state index < -0.39 is 22.6 Å². The third-order valence-corrected chi connectivity index (χ3v) is 7.51. The lowest BCUT2D eigenvalue weighted by Gasteiger charge is -2.34. The van der Waals surface area contributed by atoms with Gasteiger partial charge in [0, 0.05) is 31.7 Å². The normalized spacial score (nSPS) is 14.5. The number of nitrogens with zero attached hydrogens (tertiary/aromatic N) is 3. The van der Waals surface area contributed by atoms with Gasteiger partial charge in [-0.2, -0.15) is 4.31 Å². The topological polar surface area (TPSA) is 139 Å². The molecular weight excluding hydrogens is 502 g/mol. The van der Waals surface area contributed by atoms with Gasteiger partial charge in [-0.3, -0.25) is 4.79 Å². The molecule has 2 heterocycles. The highest BCUT2D eigenvalue weighted by Crippen LogP contribution is 2.31. The number of hydrogen-bond acceptors (Lipinski definition) is 8. The molecule has 4 rings (SSSR count). The summed E-state index contributed by atoms with van der Waals surface area (Å²) < 4.78 is 43.8. The van der Waals surface area contributed by atoms with E-state index in [9.17, 15) is 18.0 Å². The second-order valence-electron chi connectivity index (χ2n) is 8.56. The Balaban J connectivity index is 1.45. The Bertz CT molecular complexity index is 1350. The summed E-state index contributed by atoms with van der Waals surface area (Å²) in [6.45, 7) is 3.83. The van der Waals surface area contributed by atoms with Crippen molar-refractivity contribution in [1.82, 2.24) is 14.2 Å². The molecule has 0 unspecified atom stereocenters. The molecule has 2 aromatic carbocycles. The number of hydrogen-bond donors (Lipinski definition) is 1. The number of aromatic nitrogens is 1. The van der Waals surface area contributed by atoms with Gasteiger partial charge in [0.25, 0.3) is 5.91 Å². The van der Waals surface area contributed by atoms with Crippen LogP contribution >= 0.6 is 0 Å². The summed E-state index contributed by atoms with van der Waals surface area (Å²) in [7, 11) is -3.73. The summed E-state index contributed by atoms with van der Waals surface area (Å²) in [6, 6.07) is 10.9. The number of carbonyl (C=O) groups excluding carboxylic acids is 1. The molecule has 1 N–H and O–H groups in total. The Labute approximate surface area is 214 Å². The minimum absolute atomic E-state index is 0.0223. The van der Waals surface area contributed by atoms with Crippen LogP contribution in [0.25, 0.3) is 11.5 Å². The van der Waals surface area contributed by atoms with Crippen LogP contribution in [0.3, 0.4) is 0 Å². The molecule has 1 aliphatic heterocycles. The highest BCUT2D eigenvalue weighted by molar-refractivity contribution is 7.89. The van der Waals surface area contributed by atoms with Gasteiger partial charge in [0.05, 0.1) is 22.8 Å². The molecule has 1 amide bonds. The Hall–Kier alpha value is -3.90. The van der Waals surface area contributed by atoms with Gasteiger partial charge >= 0.3 is 5.97 Å².